The van der Waals surface area contributed by atoms with Gasteiger partial charge in [-0.15, -0.1) is 0 Å². The van der Waals surface area contributed by atoms with Crippen LogP contribution in [0.3, 0.4) is 0 Å². The van der Waals surface area contributed by atoms with Gasteiger partial charge in [0, 0.05) is 33.8 Å². The summed E-state index contributed by atoms with van der Waals surface area (Å²) in [6.07, 6.45) is 1.72. The fourth-order valence-corrected chi connectivity index (χ4v) is 5.54. The van der Waals surface area contributed by atoms with Crippen LogP contribution in [-0.4, -0.2) is 33.9 Å². The van der Waals surface area contributed by atoms with Crippen LogP contribution < -0.4 is 0 Å². The van der Waals surface area contributed by atoms with Crippen molar-refractivity contribution in [2.45, 2.75) is 36.4 Å². The smallest absolute Gasteiger partial charge is 0.137 e. The molecule has 3 atom stereocenters. The van der Waals surface area contributed by atoms with Crippen LogP contribution in [0.25, 0.3) is 0 Å². The molecule has 1 saturated heterocycles. The minimum absolute atomic E-state index is 0.0561. The maximum atomic E-state index is 13.6. The number of ether oxygens (including phenoxy) is 1. The number of benzene rings is 2. The summed E-state index contributed by atoms with van der Waals surface area (Å²) in [6, 6.07) is 18.9. The zero-order chi connectivity index (χ0) is 19.1. The van der Waals surface area contributed by atoms with E-state index >= 15 is 0 Å². The van der Waals surface area contributed by atoms with Crippen LogP contribution in [0.15, 0.2) is 65.6 Å². The van der Waals surface area contributed by atoms with E-state index < -0.39 is 9.92 Å². The SMILES string of the molecule is N=S(=O)(c1ccccc1)N(Cc1ccccc1)[C@@H]1CC[C@@H](COSI)OC1. The zero-order valence-corrected chi connectivity index (χ0v) is 18.6. The lowest BCUT2D eigenvalue weighted by Crippen LogP contribution is -2.46. The third kappa shape index (κ3) is 5.68. The zero-order valence-electron chi connectivity index (χ0n) is 14.8. The average molecular weight is 518 g/mol. The molecule has 1 N–H and O–H groups in total. The van der Waals surface area contributed by atoms with Crippen molar-refractivity contribution in [1.82, 2.24) is 4.31 Å². The van der Waals surface area contributed by atoms with E-state index in [9.17, 15) is 4.21 Å². The van der Waals surface area contributed by atoms with Crippen LogP contribution in [0.1, 0.15) is 18.4 Å². The van der Waals surface area contributed by atoms with Gasteiger partial charge in [0.2, 0.25) is 0 Å². The van der Waals surface area contributed by atoms with Gasteiger partial charge in [-0.2, -0.15) is 0 Å². The standard InChI is InChI=1S/C19H23IN2O3S2/c20-26-25-15-18-12-11-17(14-24-18)22(13-16-7-3-1-4-8-16)27(21,23)19-9-5-2-6-10-19/h1-10,17-18,21H,11-15H2/t17-,18+,27?/m1/s1. The monoisotopic (exact) mass is 518 g/mol. The molecule has 2 aromatic carbocycles. The van der Waals surface area contributed by atoms with Crippen LogP contribution in [-0.2, 0) is 25.4 Å². The van der Waals surface area contributed by atoms with Crippen molar-refractivity contribution in [3.05, 3.63) is 66.2 Å². The van der Waals surface area contributed by atoms with E-state index in [1.165, 1.54) is 9.21 Å². The molecule has 0 bridgehead atoms. The van der Waals surface area contributed by atoms with Crippen molar-refractivity contribution in [3.8, 4) is 0 Å². The molecule has 0 spiro atoms. The van der Waals surface area contributed by atoms with Gasteiger partial charge in [-0.05, 0) is 30.5 Å². The van der Waals surface area contributed by atoms with Crippen LogP contribution in [0.4, 0.5) is 0 Å². The quantitative estimate of drug-likeness (QED) is 0.392. The van der Waals surface area contributed by atoms with E-state index in [-0.39, 0.29) is 12.1 Å². The minimum Gasteiger partial charge on any atom is -0.374 e. The van der Waals surface area contributed by atoms with Gasteiger partial charge >= 0.3 is 0 Å². The van der Waals surface area contributed by atoms with Gasteiger partial charge in [-0.3, -0.25) is 0 Å². The van der Waals surface area contributed by atoms with Crippen molar-refractivity contribution in [2.75, 3.05) is 13.2 Å². The highest BCUT2D eigenvalue weighted by Crippen LogP contribution is 2.28. The predicted octanol–water partition coefficient (Wildman–Crippen LogP) is 5.07. The molecule has 27 heavy (non-hydrogen) atoms. The largest absolute Gasteiger partial charge is 0.374 e. The summed E-state index contributed by atoms with van der Waals surface area (Å²) in [7, 11) is -1.81. The van der Waals surface area contributed by atoms with Crippen LogP contribution in [0.2, 0.25) is 0 Å². The molecular formula is C19H23IN2O3S2. The van der Waals surface area contributed by atoms with Gasteiger partial charge in [0.15, 0.2) is 0 Å². The highest BCUT2D eigenvalue weighted by molar-refractivity contribution is 14.2. The maximum absolute atomic E-state index is 13.6. The number of halogens is 1. The van der Waals surface area contributed by atoms with Crippen molar-refractivity contribution in [2.24, 2.45) is 0 Å². The second kappa shape index (κ2) is 10.2. The lowest BCUT2D eigenvalue weighted by Gasteiger charge is -2.37. The molecule has 1 aliphatic rings. The molecule has 1 unspecified atom stereocenters. The first-order valence-electron chi connectivity index (χ1n) is 8.77. The van der Waals surface area contributed by atoms with Gasteiger partial charge in [0.05, 0.1) is 33.4 Å². The highest BCUT2D eigenvalue weighted by Gasteiger charge is 2.33. The molecule has 3 rings (SSSR count). The van der Waals surface area contributed by atoms with E-state index in [0.717, 1.165) is 18.4 Å². The third-order valence-electron chi connectivity index (χ3n) is 4.63. The van der Waals surface area contributed by atoms with Gasteiger partial charge in [0.25, 0.3) is 0 Å². The molecule has 0 amide bonds. The Morgan fingerprint density at radius 3 is 2.41 bits per heavy atom. The summed E-state index contributed by atoms with van der Waals surface area (Å²) < 4.78 is 35.4. The Labute approximate surface area is 177 Å². The van der Waals surface area contributed by atoms with Crippen molar-refractivity contribution in [3.63, 3.8) is 0 Å². The fraction of sp³-hybridized carbons (Fsp3) is 0.368. The van der Waals surface area contributed by atoms with E-state index in [1.807, 2.05) is 52.8 Å². The molecule has 1 fully saturated rings. The topological polar surface area (TPSA) is 62.6 Å². The Balaban J connectivity index is 1.81. The van der Waals surface area contributed by atoms with Crippen molar-refractivity contribution < 1.29 is 13.1 Å². The number of nitrogens with zero attached hydrogens (tertiary/aromatic N) is 1. The summed E-state index contributed by atoms with van der Waals surface area (Å²) >= 11 is 2.10. The second-order valence-electron chi connectivity index (χ2n) is 6.43. The maximum Gasteiger partial charge on any atom is 0.137 e. The Hall–Kier alpha value is -0.650. The van der Waals surface area contributed by atoms with Crippen molar-refractivity contribution in [1.29, 1.82) is 4.78 Å². The number of rotatable bonds is 8. The minimum atomic E-state index is -3.12. The van der Waals surface area contributed by atoms with Crippen LogP contribution in [0, 0.1) is 4.78 Å². The van der Waals surface area contributed by atoms with Crippen molar-refractivity contribution >= 4 is 40.3 Å². The van der Waals surface area contributed by atoms with E-state index in [0.29, 0.717) is 24.7 Å². The molecule has 0 aliphatic carbocycles. The Bertz CT molecular complexity index is 798. The Morgan fingerprint density at radius 1 is 1.15 bits per heavy atom. The fourth-order valence-electron chi connectivity index (χ4n) is 3.19. The summed E-state index contributed by atoms with van der Waals surface area (Å²) in [6.45, 7) is 1.46. The predicted molar refractivity (Wildman–Crippen MR) is 118 cm³/mol. The van der Waals surface area contributed by atoms with Gasteiger partial charge in [0.1, 0.15) is 9.92 Å². The summed E-state index contributed by atoms with van der Waals surface area (Å²) in [4.78, 5) is 0.535. The van der Waals surface area contributed by atoms with E-state index in [2.05, 4.69) is 21.2 Å². The summed E-state index contributed by atoms with van der Waals surface area (Å²) in [5, 5.41) is 0. The van der Waals surface area contributed by atoms with Crippen LogP contribution >= 0.6 is 30.4 Å². The van der Waals surface area contributed by atoms with E-state index in [1.54, 1.807) is 12.1 Å². The lowest BCUT2D eigenvalue weighted by molar-refractivity contribution is -0.0367. The normalized spacial score (nSPS) is 22.4. The third-order valence-corrected chi connectivity index (χ3v) is 7.61. The van der Waals surface area contributed by atoms with Crippen LogP contribution in [0.5, 0.6) is 0 Å². The highest BCUT2D eigenvalue weighted by atomic mass is 127. The molecular weight excluding hydrogens is 495 g/mol. The molecule has 1 aliphatic heterocycles. The van der Waals surface area contributed by atoms with E-state index in [4.69, 9.17) is 13.7 Å². The first kappa shape index (κ1) is 21.1. The van der Waals surface area contributed by atoms with Gasteiger partial charge < -0.3 is 8.92 Å². The summed E-state index contributed by atoms with van der Waals surface area (Å²) in [5.74, 6) is 0. The van der Waals surface area contributed by atoms with Gasteiger partial charge in [-0.25, -0.2) is 13.3 Å². The average Bonchev–Trinajstić information content (AvgIpc) is 2.72. The second-order valence-corrected chi connectivity index (χ2v) is 9.87. The molecule has 0 aromatic heterocycles. The first-order valence-corrected chi connectivity index (χ1v) is 13.6. The molecule has 0 radical (unpaired) electrons. The molecule has 5 nitrogen and oxygen atoms in total. The Morgan fingerprint density at radius 2 is 1.81 bits per heavy atom. The molecule has 2 aromatic rings. The molecule has 1 heterocycles. The number of hydrogen-bond acceptors (Lipinski definition) is 5. The first-order chi connectivity index (χ1) is 13.1. The molecule has 0 saturated carbocycles. The molecule has 8 heteroatoms. The lowest BCUT2D eigenvalue weighted by atomic mass is 10.1. The molecule has 146 valence electrons. The number of nitrogens with one attached hydrogen (secondary N) is 1. The summed E-state index contributed by atoms with van der Waals surface area (Å²) in [5.41, 5.74) is 1.04. The Kier molecular flexibility index (Phi) is 7.97. The van der Waals surface area contributed by atoms with Gasteiger partial charge in [-0.1, -0.05) is 48.5 Å². The number of hydrogen-bond donors (Lipinski definition) is 1.